The molecule has 0 aliphatic carbocycles. The van der Waals surface area contributed by atoms with Gasteiger partial charge in [0, 0.05) is 19.7 Å². The molecule has 2 aliphatic heterocycles. The molecule has 6 heteroatoms. The Balaban J connectivity index is 1.78. The van der Waals surface area contributed by atoms with E-state index in [1.165, 1.54) is 12.1 Å². The Bertz CT molecular complexity index is 512. The summed E-state index contributed by atoms with van der Waals surface area (Å²) in [6, 6.07) is 4.47. The molecule has 0 aromatic heterocycles. The van der Waals surface area contributed by atoms with Crippen LogP contribution in [0.3, 0.4) is 0 Å². The molecule has 1 atom stereocenters. The van der Waals surface area contributed by atoms with Crippen LogP contribution < -0.4 is 10.2 Å². The number of hydrogen-bond donors (Lipinski definition) is 1. The Morgan fingerprint density at radius 3 is 2.81 bits per heavy atom. The van der Waals surface area contributed by atoms with Crippen molar-refractivity contribution in [3.05, 3.63) is 24.0 Å². The number of ether oxygens (including phenoxy) is 2. The van der Waals surface area contributed by atoms with Crippen LogP contribution in [0, 0.1) is 5.82 Å². The average molecular weight is 294 g/mol. The summed E-state index contributed by atoms with van der Waals surface area (Å²) in [4.78, 5) is 14.3. The minimum absolute atomic E-state index is 0.201. The van der Waals surface area contributed by atoms with Gasteiger partial charge in [0.2, 0.25) is 0 Å². The predicted octanol–water partition coefficient (Wildman–Crippen LogP) is 1.78. The number of halogens is 1. The third-order valence-corrected chi connectivity index (χ3v) is 3.79. The standard InChI is InChI=1S/C15H19FN2O3/c16-11-3-4-13(18-5-8-20-9-6-18)12(10-11)17-15(19)14-2-1-7-21-14/h3-4,10,14H,1-2,5-9H2,(H,17,19). The fraction of sp³-hybridized carbons (Fsp3) is 0.533. The summed E-state index contributed by atoms with van der Waals surface area (Å²) in [6.45, 7) is 3.34. The minimum atomic E-state index is -0.425. The molecule has 5 nitrogen and oxygen atoms in total. The summed E-state index contributed by atoms with van der Waals surface area (Å²) in [5.41, 5.74) is 1.32. The van der Waals surface area contributed by atoms with Crippen LogP contribution in [0.25, 0.3) is 0 Å². The van der Waals surface area contributed by atoms with E-state index in [0.717, 1.165) is 25.2 Å². The van der Waals surface area contributed by atoms with E-state index in [-0.39, 0.29) is 11.7 Å². The topological polar surface area (TPSA) is 50.8 Å². The molecule has 0 radical (unpaired) electrons. The molecule has 1 amide bonds. The van der Waals surface area contributed by atoms with E-state index in [4.69, 9.17) is 9.47 Å². The summed E-state index contributed by atoms with van der Waals surface area (Å²) in [5, 5.41) is 2.80. The maximum Gasteiger partial charge on any atom is 0.253 e. The highest BCUT2D eigenvalue weighted by molar-refractivity contribution is 5.97. The number of morpholine rings is 1. The second-order valence-corrected chi connectivity index (χ2v) is 5.25. The van der Waals surface area contributed by atoms with Crippen LogP contribution in [0.4, 0.5) is 15.8 Å². The summed E-state index contributed by atoms with van der Waals surface area (Å²) >= 11 is 0. The van der Waals surface area contributed by atoms with Gasteiger partial charge >= 0.3 is 0 Å². The minimum Gasteiger partial charge on any atom is -0.378 e. The number of nitrogens with zero attached hydrogens (tertiary/aromatic N) is 1. The molecule has 1 aromatic rings. The van der Waals surface area contributed by atoms with Crippen LogP contribution in [0.1, 0.15) is 12.8 Å². The van der Waals surface area contributed by atoms with Gasteiger partial charge in [-0.05, 0) is 31.0 Å². The van der Waals surface area contributed by atoms with E-state index in [1.807, 2.05) is 0 Å². The summed E-state index contributed by atoms with van der Waals surface area (Å²) in [7, 11) is 0. The van der Waals surface area contributed by atoms with Crippen LogP contribution in [0.15, 0.2) is 18.2 Å². The monoisotopic (exact) mass is 294 g/mol. The molecule has 114 valence electrons. The SMILES string of the molecule is O=C(Nc1cc(F)ccc1N1CCOCC1)C1CCCO1. The van der Waals surface area contributed by atoms with E-state index in [2.05, 4.69) is 10.2 Å². The van der Waals surface area contributed by atoms with Gasteiger partial charge < -0.3 is 19.7 Å². The highest BCUT2D eigenvalue weighted by Gasteiger charge is 2.25. The Labute approximate surface area is 123 Å². The fourth-order valence-corrected chi connectivity index (χ4v) is 2.69. The quantitative estimate of drug-likeness (QED) is 0.923. The van der Waals surface area contributed by atoms with Crippen molar-refractivity contribution in [3.8, 4) is 0 Å². The van der Waals surface area contributed by atoms with Crippen LogP contribution in [-0.4, -0.2) is 44.9 Å². The molecule has 1 N–H and O–H groups in total. The first kappa shape index (κ1) is 14.3. The van der Waals surface area contributed by atoms with Gasteiger partial charge in [0.25, 0.3) is 5.91 Å². The molecule has 0 saturated carbocycles. The number of rotatable bonds is 3. The highest BCUT2D eigenvalue weighted by Crippen LogP contribution is 2.28. The molecule has 2 aliphatic rings. The van der Waals surface area contributed by atoms with Gasteiger partial charge in [-0.25, -0.2) is 4.39 Å². The Morgan fingerprint density at radius 2 is 2.10 bits per heavy atom. The Morgan fingerprint density at radius 1 is 1.29 bits per heavy atom. The smallest absolute Gasteiger partial charge is 0.253 e. The second-order valence-electron chi connectivity index (χ2n) is 5.25. The van der Waals surface area contributed by atoms with Crippen LogP contribution >= 0.6 is 0 Å². The van der Waals surface area contributed by atoms with Crippen molar-refractivity contribution < 1.29 is 18.7 Å². The van der Waals surface area contributed by atoms with Gasteiger partial charge in [-0.3, -0.25) is 4.79 Å². The number of carbonyl (C=O) groups excluding carboxylic acids is 1. The van der Waals surface area contributed by atoms with Crippen molar-refractivity contribution in [1.29, 1.82) is 0 Å². The molecule has 2 fully saturated rings. The lowest BCUT2D eigenvalue weighted by atomic mass is 10.2. The summed E-state index contributed by atoms with van der Waals surface area (Å²) in [6.07, 6.45) is 1.18. The fourth-order valence-electron chi connectivity index (χ4n) is 2.69. The molecule has 3 rings (SSSR count). The van der Waals surface area contributed by atoms with Gasteiger partial charge in [0.15, 0.2) is 0 Å². The molecule has 1 unspecified atom stereocenters. The van der Waals surface area contributed by atoms with Crippen LogP contribution in [0.2, 0.25) is 0 Å². The Kier molecular flexibility index (Phi) is 4.36. The molecule has 2 heterocycles. The highest BCUT2D eigenvalue weighted by atomic mass is 19.1. The number of carbonyl (C=O) groups is 1. The van der Waals surface area contributed by atoms with Crippen LogP contribution in [-0.2, 0) is 14.3 Å². The van der Waals surface area contributed by atoms with Crippen LogP contribution in [0.5, 0.6) is 0 Å². The van der Waals surface area contributed by atoms with Crippen molar-refractivity contribution in [1.82, 2.24) is 0 Å². The van der Waals surface area contributed by atoms with Gasteiger partial charge in [-0.15, -0.1) is 0 Å². The third-order valence-electron chi connectivity index (χ3n) is 3.79. The third kappa shape index (κ3) is 3.33. The number of anilines is 2. The first-order valence-corrected chi connectivity index (χ1v) is 7.29. The molecule has 21 heavy (non-hydrogen) atoms. The maximum atomic E-state index is 13.5. The van der Waals surface area contributed by atoms with Crippen molar-refractivity contribution in [2.75, 3.05) is 43.1 Å². The van der Waals surface area contributed by atoms with E-state index in [0.29, 0.717) is 31.9 Å². The zero-order valence-electron chi connectivity index (χ0n) is 11.8. The van der Waals surface area contributed by atoms with Crippen molar-refractivity contribution in [2.24, 2.45) is 0 Å². The molecular formula is C15H19FN2O3. The number of nitrogens with one attached hydrogen (secondary N) is 1. The number of benzene rings is 1. The summed E-state index contributed by atoms with van der Waals surface area (Å²) in [5.74, 6) is -0.567. The predicted molar refractivity (Wildman–Crippen MR) is 77.0 cm³/mol. The van der Waals surface area contributed by atoms with Crippen molar-refractivity contribution in [2.45, 2.75) is 18.9 Å². The lowest BCUT2D eigenvalue weighted by Crippen LogP contribution is -2.37. The average Bonchev–Trinajstić information content (AvgIpc) is 3.03. The van der Waals surface area contributed by atoms with E-state index in [9.17, 15) is 9.18 Å². The molecule has 0 spiro atoms. The second kappa shape index (κ2) is 6.41. The zero-order chi connectivity index (χ0) is 14.7. The Hall–Kier alpha value is -1.66. The zero-order valence-corrected chi connectivity index (χ0v) is 11.8. The molecule has 1 aromatic carbocycles. The number of amides is 1. The van der Waals surface area contributed by atoms with E-state index in [1.54, 1.807) is 6.07 Å². The van der Waals surface area contributed by atoms with Gasteiger partial charge in [-0.2, -0.15) is 0 Å². The van der Waals surface area contributed by atoms with E-state index < -0.39 is 6.10 Å². The normalized spacial score (nSPS) is 22.3. The van der Waals surface area contributed by atoms with Gasteiger partial charge in [0.05, 0.1) is 24.6 Å². The van der Waals surface area contributed by atoms with Crippen molar-refractivity contribution in [3.63, 3.8) is 0 Å². The first-order chi connectivity index (χ1) is 10.2. The largest absolute Gasteiger partial charge is 0.378 e. The first-order valence-electron chi connectivity index (χ1n) is 7.29. The molecule has 2 saturated heterocycles. The number of hydrogen-bond acceptors (Lipinski definition) is 4. The molecule has 0 bridgehead atoms. The van der Waals surface area contributed by atoms with Gasteiger partial charge in [0.1, 0.15) is 11.9 Å². The molecular weight excluding hydrogens is 275 g/mol. The van der Waals surface area contributed by atoms with E-state index >= 15 is 0 Å². The van der Waals surface area contributed by atoms with Gasteiger partial charge in [-0.1, -0.05) is 0 Å². The lowest BCUT2D eigenvalue weighted by molar-refractivity contribution is -0.124. The maximum absolute atomic E-state index is 13.5. The van der Waals surface area contributed by atoms with Crippen molar-refractivity contribution >= 4 is 17.3 Å². The summed E-state index contributed by atoms with van der Waals surface area (Å²) < 4.78 is 24.2. The lowest BCUT2D eigenvalue weighted by Gasteiger charge is -2.30.